The SMILES string of the molecule is COc1cc(F)c([N+](=O)[O-])cc1Nc1nccc(N2c3ccccc3N(C)S2(=O)=O)n1. The number of nitro groups is 1. The van der Waals surface area contributed by atoms with Gasteiger partial charge in [0.1, 0.15) is 5.75 Å². The summed E-state index contributed by atoms with van der Waals surface area (Å²) in [6, 6.07) is 9.93. The predicted molar refractivity (Wildman–Crippen MR) is 111 cm³/mol. The summed E-state index contributed by atoms with van der Waals surface area (Å²) in [5.74, 6) is -1.11. The molecule has 0 bridgehead atoms. The van der Waals surface area contributed by atoms with E-state index in [0.717, 1.165) is 20.7 Å². The molecule has 0 atom stereocenters. The molecular formula is C18H15FN6O5S. The molecular weight excluding hydrogens is 431 g/mol. The quantitative estimate of drug-likeness (QED) is 0.467. The van der Waals surface area contributed by atoms with E-state index in [1.54, 1.807) is 24.3 Å². The summed E-state index contributed by atoms with van der Waals surface area (Å²) in [6.07, 6.45) is 1.32. The summed E-state index contributed by atoms with van der Waals surface area (Å²) in [7, 11) is -1.22. The molecule has 160 valence electrons. The maximum Gasteiger partial charge on any atom is 0.331 e. The van der Waals surface area contributed by atoms with Gasteiger partial charge in [-0.25, -0.2) is 9.29 Å². The summed E-state index contributed by atoms with van der Waals surface area (Å²) in [4.78, 5) is 18.4. The van der Waals surface area contributed by atoms with Gasteiger partial charge >= 0.3 is 15.9 Å². The third-order valence-corrected chi connectivity index (χ3v) is 6.31. The van der Waals surface area contributed by atoms with Crippen molar-refractivity contribution in [2.75, 3.05) is 28.1 Å². The number of aromatic nitrogens is 2. The molecule has 3 aromatic rings. The number of nitrogens with zero attached hydrogens (tertiary/aromatic N) is 5. The zero-order valence-electron chi connectivity index (χ0n) is 16.2. The summed E-state index contributed by atoms with van der Waals surface area (Å²) in [6.45, 7) is 0. The Morgan fingerprint density at radius 1 is 1.19 bits per heavy atom. The van der Waals surface area contributed by atoms with E-state index in [-0.39, 0.29) is 23.2 Å². The van der Waals surface area contributed by atoms with Crippen molar-refractivity contribution < 1.29 is 22.5 Å². The van der Waals surface area contributed by atoms with E-state index in [1.807, 2.05) is 0 Å². The minimum atomic E-state index is -3.92. The van der Waals surface area contributed by atoms with Crippen LogP contribution in [-0.4, -0.2) is 37.5 Å². The van der Waals surface area contributed by atoms with E-state index < -0.39 is 26.6 Å². The number of halogens is 1. The minimum Gasteiger partial charge on any atom is -0.494 e. The molecule has 2 heterocycles. The highest BCUT2D eigenvalue weighted by molar-refractivity contribution is 7.95. The Bertz CT molecular complexity index is 1300. The number of hydrogen-bond donors (Lipinski definition) is 1. The van der Waals surface area contributed by atoms with Crippen molar-refractivity contribution in [2.24, 2.45) is 0 Å². The standard InChI is InChI=1S/C18H15FN6O5S/c1-23-13-5-3-4-6-14(13)24(31(23,28)29)17-7-8-20-18(22-17)21-12-10-15(25(26)27)11(19)9-16(12)30-2/h3-10H,1-2H3,(H,20,21,22). The third kappa shape index (κ3) is 3.34. The molecule has 4 rings (SSSR count). The first-order valence-corrected chi connectivity index (χ1v) is 10.1. The first-order chi connectivity index (χ1) is 14.7. The van der Waals surface area contributed by atoms with Gasteiger partial charge in [0.2, 0.25) is 11.8 Å². The van der Waals surface area contributed by atoms with E-state index in [0.29, 0.717) is 11.4 Å². The highest BCUT2D eigenvalue weighted by Crippen LogP contribution is 2.43. The Labute approximate surface area is 176 Å². The first kappa shape index (κ1) is 20.3. The smallest absolute Gasteiger partial charge is 0.331 e. The molecule has 1 aliphatic rings. The van der Waals surface area contributed by atoms with Crippen LogP contribution in [0.5, 0.6) is 5.75 Å². The zero-order chi connectivity index (χ0) is 22.3. The number of rotatable bonds is 5. The van der Waals surface area contributed by atoms with Crippen LogP contribution in [0.25, 0.3) is 0 Å². The highest BCUT2D eigenvalue weighted by Gasteiger charge is 2.39. The van der Waals surface area contributed by atoms with Gasteiger partial charge in [0, 0.05) is 31.4 Å². The average molecular weight is 446 g/mol. The molecule has 11 nitrogen and oxygen atoms in total. The van der Waals surface area contributed by atoms with Crippen molar-refractivity contribution in [1.82, 2.24) is 9.97 Å². The van der Waals surface area contributed by atoms with Crippen molar-refractivity contribution in [1.29, 1.82) is 0 Å². The second kappa shape index (κ2) is 7.36. The van der Waals surface area contributed by atoms with E-state index in [1.165, 1.54) is 26.4 Å². The summed E-state index contributed by atoms with van der Waals surface area (Å²) < 4.78 is 46.9. The van der Waals surface area contributed by atoms with Gasteiger partial charge in [-0.1, -0.05) is 12.1 Å². The second-order valence-corrected chi connectivity index (χ2v) is 8.16. The fourth-order valence-corrected chi connectivity index (χ4v) is 4.50. The number of nitrogens with one attached hydrogen (secondary N) is 1. The van der Waals surface area contributed by atoms with Crippen molar-refractivity contribution in [3.63, 3.8) is 0 Å². The van der Waals surface area contributed by atoms with Crippen LogP contribution in [0.15, 0.2) is 48.7 Å². The molecule has 1 N–H and O–H groups in total. The van der Waals surface area contributed by atoms with Crippen LogP contribution in [0.1, 0.15) is 0 Å². The monoisotopic (exact) mass is 446 g/mol. The molecule has 0 fully saturated rings. The predicted octanol–water partition coefficient (Wildman–Crippen LogP) is 3.11. The van der Waals surface area contributed by atoms with Crippen LogP contribution >= 0.6 is 0 Å². The molecule has 0 saturated carbocycles. The Morgan fingerprint density at radius 2 is 1.90 bits per heavy atom. The number of nitro benzene ring substituents is 1. The van der Waals surface area contributed by atoms with Crippen molar-refractivity contribution in [3.8, 4) is 5.75 Å². The Balaban J connectivity index is 1.76. The molecule has 0 aliphatic carbocycles. The van der Waals surface area contributed by atoms with Gasteiger partial charge in [0.05, 0.1) is 29.1 Å². The second-order valence-electron chi connectivity index (χ2n) is 6.35. The highest BCUT2D eigenvalue weighted by atomic mass is 32.2. The lowest BCUT2D eigenvalue weighted by molar-refractivity contribution is -0.387. The van der Waals surface area contributed by atoms with Gasteiger partial charge < -0.3 is 10.1 Å². The van der Waals surface area contributed by atoms with Crippen molar-refractivity contribution in [2.45, 2.75) is 0 Å². The summed E-state index contributed by atoms with van der Waals surface area (Å²) in [5, 5.41) is 13.8. The van der Waals surface area contributed by atoms with Gasteiger partial charge in [-0.3, -0.25) is 14.4 Å². The van der Waals surface area contributed by atoms with Gasteiger partial charge in [-0.15, -0.1) is 0 Å². The van der Waals surface area contributed by atoms with Crippen LogP contribution < -0.4 is 18.7 Å². The average Bonchev–Trinajstić information content (AvgIpc) is 2.94. The molecule has 0 saturated heterocycles. The number of ether oxygens (including phenoxy) is 1. The van der Waals surface area contributed by atoms with E-state index >= 15 is 0 Å². The lowest BCUT2D eigenvalue weighted by atomic mass is 10.2. The number of benzene rings is 2. The Morgan fingerprint density at radius 3 is 2.58 bits per heavy atom. The topological polar surface area (TPSA) is 131 Å². The van der Waals surface area contributed by atoms with Crippen molar-refractivity contribution >= 4 is 44.7 Å². The molecule has 31 heavy (non-hydrogen) atoms. The largest absolute Gasteiger partial charge is 0.494 e. The van der Waals surface area contributed by atoms with Gasteiger partial charge in [0.25, 0.3) is 0 Å². The van der Waals surface area contributed by atoms with E-state index in [9.17, 15) is 22.9 Å². The number of hydrogen-bond acceptors (Lipinski definition) is 8. The number of methoxy groups -OCH3 is 1. The molecule has 0 unspecified atom stereocenters. The maximum absolute atomic E-state index is 13.9. The van der Waals surface area contributed by atoms with Crippen LogP contribution in [-0.2, 0) is 10.2 Å². The Kier molecular flexibility index (Phi) is 4.81. The summed E-state index contributed by atoms with van der Waals surface area (Å²) >= 11 is 0. The van der Waals surface area contributed by atoms with Gasteiger partial charge in [0.15, 0.2) is 5.82 Å². The van der Waals surface area contributed by atoms with Gasteiger partial charge in [-0.2, -0.15) is 17.8 Å². The van der Waals surface area contributed by atoms with E-state index in [2.05, 4.69) is 15.3 Å². The summed E-state index contributed by atoms with van der Waals surface area (Å²) in [5.41, 5.74) is 0.155. The number of para-hydroxylation sites is 2. The fourth-order valence-electron chi connectivity index (χ4n) is 3.11. The number of fused-ring (bicyclic) bond motifs is 1. The molecule has 1 aromatic heterocycles. The normalized spacial score (nSPS) is 14.3. The maximum atomic E-state index is 13.9. The first-order valence-electron chi connectivity index (χ1n) is 8.74. The van der Waals surface area contributed by atoms with Crippen LogP contribution in [0.4, 0.5) is 38.9 Å². The van der Waals surface area contributed by atoms with Gasteiger partial charge in [-0.05, 0) is 12.1 Å². The molecule has 1 aliphatic heterocycles. The molecule has 2 aromatic carbocycles. The van der Waals surface area contributed by atoms with Crippen molar-refractivity contribution in [3.05, 3.63) is 64.6 Å². The van der Waals surface area contributed by atoms with Crippen LogP contribution in [0.2, 0.25) is 0 Å². The third-order valence-electron chi connectivity index (χ3n) is 4.58. The minimum absolute atomic E-state index is 0.0176. The molecule has 13 heteroatoms. The molecule has 0 radical (unpaired) electrons. The Hall–Kier alpha value is -4.00. The number of anilines is 5. The van der Waals surface area contributed by atoms with E-state index in [4.69, 9.17) is 4.74 Å². The van der Waals surface area contributed by atoms with Crippen LogP contribution in [0.3, 0.4) is 0 Å². The molecule has 0 spiro atoms. The lowest BCUT2D eigenvalue weighted by Crippen LogP contribution is -2.32. The lowest BCUT2D eigenvalue weighted by Gasteiger charge is -2.18. The fraction of sp³-hybridized carbons (Fsp3) is 0.111. The zero-order valence-corrected chi connectivity index (χ0v) is 17.0. The molecule has 0 amide bonds. The van der Waals surface area contributed by atoms with Crippen LogP contribution in [0, 0.1) is 15.9 Å².